The largest absolute Gasteiger partial charge is 0.347 e. The summed E-state index contributed by atoms with van der Waals surface area (Å²) in [7, 11) is 0. The van der Waals surface area contributed by atoms with Gasteiger partial charge in [0, 0.05) is 24.6 Å². The van der Waals surface area contributed by atoms with Gasteiger partial charge in [0.1, 0.15) is 5.71 Å². The molecule has 1 saturated heterocycles. The first-order valence-electron chi connectivity index (χ1n) is 5.50. The Morgan fingerprint density at radius 3 is 3.00 bits per heavy atom. The highest BCUT2D eigenvalue weighted by Crippen LogP contribution is 2.17. The van der Waals surface area contributed by atoms with Crippen molar-refractivity contribution < 1.29 is 9.59 Å². The standard InChI is InChI=1S/C10H15N3O2S/c14-9-4-3-8(12-13-9)10(15)11-7-2-1-5-16-6-7/h7H,1-6H2,(H,11,15)(H,13,14). The molecule has 5 nitrogen and oxygen atoms in total. The normalized spacial score (nSPS) is 25.6. The van der Waals surface area contributed by atoms with Crippen LogP contribution >= 0.6 is 11.8 Å². The van der Waals surface area contributed by atoms with Crippen LogP contribution in [0, 0.1) is 0 Å². The van der Waals surface area contributed by atoms with Crippen LogP contribution in [0.3, 0.4) is 0 Å². The Kier molecular flexibility index (Phi) is 3.82. The lowest BCUT2D eigenvalue weighted by molar-refractivity contribution is -0.121. The molecular formula is C10H15N3O2S. The molecule has 1 fully saturated rings. The van der Waals surface area contributed by atoms with E-state index in [1.807, 2.05) is 11.8 Å². The quantitative estimate of drug-likeness (QED) is 0.728. The van der Waals surface area contributed by atoms with Crippen molar-refractivity contribution in [1.82, 2.24) is 10.7 Å². The van der Waals surface area contributed by atoms with Crippen LogP contribution in [0.4, 0.5) is 0 Å². The molecule has 0 aromatic carbocycles. The molecule has 0 aliphatic carbocycles. The Hall–Kier alpha value is -1.04. The van der Waals surface area contributed by atoms with Gasteiger partial charge in [0.15, 0.2) is 0 Å². The Balaban J connectivity index is 1.85. The summed E-state index contributed by atoms with van der Waals surface area (Å²) in [6.07, 6.45) is 2.99. The Labute approximate surface area is 98.4 Å². The van der Waals surface area contributed by atoms with E-state index in [1.54, 1.807) is 0 Å². The number of hydrogen-bond donors (Lipinski definition) is 2. The molecule has 0 aromatic heterocycles. The maximum atomic E-state index is 11.8. The highest BCUT2D eigenvalue weighted by atomic mass is 32.2. The third-order valence-corrected chi connectivity index (χ3v) is 3.88. The van der Waals surface area contributed by atoms with Gasteiger partial charge in [0.05, 0.1) is 0 Å². The number of thioether (sulfide) groups is 1. The number of nitrogens with zero attached hydrogens (tertiary/aromatic N) is 1. The predicted octanol–water partition coefficient (Wildman–Crippen LogP) is 0.264. The van der Waals surface area contributed by atoms with Gasteiger partial charge in [-0.25, -0.2) is 5.43 Å². The fourth-order valence-electron chi connectivity index (χ4n) is 1.76. The van der Waals surface area contributed by atoms with E-state index in [1.165, 1.54) is 5.75 Å². The highest BCUT2D eigenvalue weighted by Gasteiger charge is 2.22. The van der Waals surface area contributed by atoms with E-state index in [0.717, 1.165) is 18.6 Å². The number of nitrogens with one attached hydrogen (secondary N) is 2. The van der Waals surface area contributed by atoms with Crippen LogP contribution in [-0.4, -0.2) is 35.1 Å². The zero-order chi connectivity index (χ0) is 11.4. The van der Waals surface area contributed by atoms with Crippen molar-refractivity contribution in [2.24, 2.45) is 5.10 Å². The first-order valence-corrected chi connectivity index (χ1v) is 6.65. The molecule has 0 aromatic rings. The van der Waals surface area contributed by atoms with Crippen LogP contribution in [-0.2, 0) is 9.59 Å². The number of carbonyl (C=O) groups excluding carboxylic acids is 2. The Morgan fingerprint density at radius 1 is 1.50 bits per heavy atom. The summed E-state index contributed by atoms with van der Waals surface area (Å²) in [5.74, 6) is 1.91. The van der Waals surface area contributed by atoms with Crippen molar-refractivity contribution in [3.8, 4) is 0 Å². The minimum atomic E-state index is -0.132. The minimum absolute atomic E-state index is 0.121. The van der Waals surface area contributed by atoms with Gasteiger partial charge in [-0.1, -0.05) is 0 Å². The van der Waals surface area contributed by atoms with E-state index >= 15 is 0 Å². The summed E-state index contributed by atoms with van der Waals surface area (Å²) in [6.45, 7) is 0. The van der Waals surface area contributed by atoms with Gasteiger partial charge in [0.25, 0.3) is 5.91 Å². The maximum Gasteiger partial charge on any atom is 0.267 e. The molecular weight excluding hydrogens is 226 g/mol. The highest BCUT2D eigenvalue weighted by molar-refractivity contribution is 7.99. The van der Waals surface area contributed by atoms with E-state index < -0.39 is 0 Å². The summed E-state index contributed by atoms with van der Waals surface area (Å²) in [5, 5.41) is 6.74. The van der Waals surface area contributed by atoms with Crippen LogP contribution in [0.5, 0.6) is 0 Å². The van der Waals surface area contributed by atoms with E-state index in [0.29, 0.717) is 18.6 Å². The molecule has 0 saturated carbocycles. The molecule has 0 radical (unpaired) electrons. The third-order valence-electron chi connectivity index (χ3n) is 2.66. The van der Waals surface area contributed by atoms with Gasteiger partial charge in [-0.15, -0.1) is 0 Å². The van der Waals surface area contributed by atoms with Crippen molar-refractivity contribution >= 4 is 29.3 Å². The SMILES string of the molecule is O=C1CCC(C(=O)NC2CCCSC2)=NN1. The van der Waals surface area contributed by atoms with E-state index in [-0.39, 0.29) is 17.9 Å². The fraction of sp³-hybridized carbons (Fsp3) is 0.700. The summed E-state index contributed by atoms with van der Waals surface area (Å²) < 4.78 is 0. The van der Waals surface area contributed by atoms with Crippen molar-refractivity contribution in [2.75, 3.05) is 11.5 Å². The van der Waals surface area contributed by atoms with Gasteiger partial charge >= 0.3 is 0 Å². The lowest BCUT2D eigenvalue weighted by Gasteiger charge is -2.23. The molecule has 0 spiro atoms. The summed E-state index contributed by atoms with van der Waals surface area (Å²) >= 11 is 1.87. The molecule has 2 rings (SSSR count). The van der Waals surface area contributed by atoms with Crippen molar-refractivity contribution in [1.29, 1.82) is 0 Å². The average Bonchev–Trinajstić information content (AvgIpc) is 2.31. The maximum absolute atomic E-state index is 11.8. The van der Waals surface area contributed by atoms with E-state index in [9.17, 15) is 9.59 Å². The van der Waals surface area contributed by atoms with Crippen LogP contribution in [0.1, 0.15) is 25.7 Å². The number of hydrazone groups is 1. The Bertz CT molecular complexity index is 324. The van der Waals surface area contributed by atoms with Crippen molar-refractivity contribution in [2.45, 2.75) is 31.7 Å². The van der Waals surface area contributed by atoms with Gasteiger partial charge < -0.3 is 5.32 Å². The molecule has 2 amide bonds. The van der Waals surface area contributed by atoms with Crippen LogP contribution in [0.25, 0.3) is 0 Å². The number of rotatable bonds is 2. The zero-order valence-electron chi connectivity index (χ0n) is 8.99. The molecule has 1 atom stereocenters. The van der Waals surface area contributed by atoms with Crippen LogP contribution in [0.15, 0.2) is 5.10 Å². The summed E-state index contributed by atoms with van der Waals surface area (Å²) in [5.41, 5.74) is 2.77. The molecule has 2 aliphatic rings. The average molecular weight is 241 g/mol. The van der Waals surface area contributed by atoms with Crippen molar-refractivity contribution in [3.63, 3.8) is 0 Å². The number of hydrogen-bond acceptors (Lipinski definition) is 4. The van der Waals surface area contributed by atoms with Crippen molar-refractivity contribution in [3.05, 3.63) is 0 Å². The van der Waals surface area contributed by atoms with Gasteiger partial charge in [-0.2, -0.15) is 16.9 Å². The zero-order valence-corrected chi connectivity index (χ0v) is 9.81. The molecule has 1 unspecified atom stereocenters. The first-order chi connectivity index (χ1) is 7.75. The van der Waals surface area contributed by atoms with Gasteiger partial charge in [0.2, 0.25) is 5.91 Å². The third kappa shape index (κ3) is 2.98. The molecule has 2 heterocycles. The first kappa shape index (κ1) is 11.4. The molecule has 2 aliphatic heterocycles. The fourth-order valence-corrected chi connectivity index (χ4v) is 2.83. The second-order valence-electron chi connectivity index (χ2n) is 3.98. The smallest absolute Gasteiger partial charge is 0.267 e. The summed E-state index contributed by atoms with van der Waals surface area (Å²) in [6, 6.07) is 0.256. The van der Waals surface area contributed by atoms with E-state index in [4.69, 9.17) is 0 Å². The lowest BCUT2D eigenvalue weighted by Crippen LogP contribution is -2.44. The molecule has 88 valence electrons. The topological polar surface area (TPSA) is 70.6 Å². The van der Waals surface area contributed by atoms with Gasteiger partial charge in [-0.05, 0) is 18.6 Å². The molecule has 0 bridgehead atoms. The second kappa shape index (κ2) is 5.34. The predicted molar refractivity (Wildman–Crippen MR) is 63.3 cm³/mol. The van der Waals surface area contributed by atoms with Crippen LogP contribution < -0.4 is 10.7 Å². The molecule has 6 heteroatoms. The molecule has 2 N–H and O–H groups in total. The summed E-state index contributed by atoms with van der Waals surface area (Å²) in [4.78, 5) is 22.6. The number of amides is 2. The monoisotopic (exact) mass is 241 g/mol. The minimum Gasteiger partial charge on any atom is -0.347 e. The second-order valence-corrected chi connectivity index (χ2v) is 5.13. The molecule has 16 heavy (non-hydrogen) atoms. The number of carbonyl (C=O) groups is 2. The lowest BCUT2D eigenvalue weighted by atomic mass is 10.1. The van der Waals surface area contributed by atoms with Gasteiger partial charge in [-0.3, -0.25) is 9.59 Å². The van der Waals surface area contributed by atoms with E-state index in [2.05, 4.69) is 15.8 Å². The van der Waals surface area contributed by atoms with Crippen LogP contribution in [0.2, 0.25) is 0 Å². The Morgan fingerprint density at radius 2 is 2.38 bits per heavy atom.